The summed E-state index contributed by atoms with van der Waals surface area (Å²) in [6.45, 7) is 0. The van der Waals surface area contributed by atoms with Gasteiger partial charge in [-0.3, -0.25) is 0 Å². The second-order valence-electron chi connectivity index (χ2n) is 2.86. The van der Waals surface area contributed by atoms with Gasteiger partial charge in [-0.15, -0.1) is 0 Å². The van der Waals surface area contributed by atoms with Gasteiger partial charge in [0.1, 0.15) is 0 Å². The van der Waals surface area contributed by atoms with Crippen LogP contribution in [-0.2, 0) is 9.84 Å². The zero-order valence-electron chi connectivity index (χ0n) is 6.58. The number of hydrogen-bond donors (Lipinski definition) is 0. The fourth-order valence-corrected chi connectivity index (χ4v) is 2.02. The molecule has 1 aliphatic rings. The van der Waals surface area contributed by atoms with E-state index in [9.17, 15) is 8.42 Å². The van der Waals surface area contributed by atoms with Crippen molar-refractivity contribution in [2.75, 3.05) is 12.0 Å². The van der Waals surface area contributed by atoms with Crippen molar-refractivity contribution in [2.24, 2.45) is 0 Å². The molecular weight excluding hydrogens is 160 g/mol. The molecule has 0 saturated carbocycles. The molecule has 0 saturated heterocycles. The van der Waals surface area contributed by atoms with Crippen LogP contribution in [-0.4, -0.2) is 20.4 Å². The number of hydrogen-bond acceptors (Lipinski definition) is 2. The first kappa shape index (κ1) is 8.53. The first-order valence-electron chi connectivity index (χ1n) is 3.60. The van der Waals surface area contributed by atoms with Crippen LogP contribution in [0.2, 0.25) is 0 Å². The van der Waals surface area contributed by atoms with Gasteiger partial charge < -0.3 is 0 Å². The van der Waals surface area contributed by atoms with Crippen LogP contribution in [0.15, 0.2) is 23.8 Å². The lowest BCUT2D eigenvalue weighted by atomic mass is 10.1. The summed E-state index contributed by atoms with van der Waals surface area (Å²) in [5.74, 6) is 0.220. The predicted octanol–water partition coefficient (Wildman–Crippen LogP) is 1.31. The molecule has 0 spiro atoms. The first-order chi connectivity index (χ1) is 5.08. The fourth-order valence-electron chi connectivity index (χ4n) is 1.11. The molecule has 11 heavy (non-hydrogen) atoms. The highest BCUT2D eigenvalue weighted by Gasteiger charge is 2.07. The van der Waals surface area contributed by atoms with E-state index in [-0.39, 0.29) is 5.75 Å². The number of allylic oxidation sites excluding steroid dienone is 3. The Labute approximate surface area is 67.5 Å². The third-order valence-corrected chi connectivity index (χ3v) is 2.44. The molecule has 2 nitrogen and oxygen atoms in total. The van der Waals surface area contributed by atoms with Crippen LogP contribution in [0.1, 0.15) is 12.8 Å². The van der Waals surface area contributed by atoms with Gasteiger partial charge in [-0.2, -0.15) is 0 Å². The highest BCUT2D eigenvalue weighted by atomic mass is 32.2. The monoisotopic (exact) mass is 172 g/mol. The van der Waals surface area contributed by atoms with Gasteiger partial charge in [-0.25, -0.2) is 8.42 Å². The standard InChI is InChI=1S/C8H12O2S/c1-11(9,10)7-8-5-3-2-4-6-8/h2-3,5H,4,6-7H2,1H3. The minimum absolute atomic E-state index is 0.220. The summed E-state index contributed by atoms with van der Waals surface area (Å²) in [4.78, 5) is 0. The van der Waals surface area contributed by atoms with Gasteiger partial charge in [0.05, 0.1) is 5.75 Å². The van der Waals surface area contributed by atoms with Crippen LogP contribution in [0.5, 0.6) is 0 Å². The molecule has 0 N–H and O–H groups in total. The van der Waals surface area contributed by atoms with Gasteiger partial charge in [0, 0.05) is 6.26 Å². The molecule has 0 fully saturated rings. The Morgan fingerprint density at radius 3 is 2.73 bits per heavy atom. The minimum Gasteiger partial charge on any atom is -0.229 e. The molecule has 0 unspecified atom stereocenters. The van der Waals surface area contributed by atoms with E-state index in [1.54, 1.807) is 0 Å². The average molecular weight is 172 g/mol. The molecule has 0 radical (unpaired) electrons. The first-order valence-corrected chi connectivity index (χ1v) is 5.66. The van der Waals surface area contributed by atoms with Crippen LogP contribution in [0, 0.1) is 0 Å². The molecule has 0 atom stereocenters. The second kappa shape index (κ2) is 3.22. The van der Waals surface area contributed by atoms with Crippen LogP contribution in [0.3, 0.4) is 0 Å². The van der Waals surface area contributed by atoms with E-state index in [1.165, 1.54) is 6.26 Å². The summed E-state index contributed by atoms with van der Waals surface area (Å²) < 4.78 is 21.7. The van der Waals surface area contributed by atoms with Gasteiger partial charge in [-0.05, 0) is 12.8 Å². The Morgan fingerprint density at radius 2 is 2.27 bits per heavy atom. The van der Waals surface area contributed by atoms with Crippen molar-refractivity contribution in [3.05, 3.63) is 23.8 Å². The van der Waals surface area contributed by atoms with E-state index in [4.69, 9.17) is 0 Å². The van der Waals surface area contributed by atoms with Crippen LogP contribution in [0.4, 0.5) is 0 Å². The lowest BCUT2D eigenvalue weighted by Gasteiger charge is -2.06. The van der Waals surface area contributed by atoms with E-state index >= 15 is 0 Å². The number of rotatable bonds is 2. The molecule has 1 rings (SSSR count). The van der Waals surface area contributed by atoms with E-state index in [0.29, 0.717) is 0 Å². The largest absolute Gasteiger partial charge is 0.229 e. The summed E-state index contributed by atoms with van der Waals surface area (Å²) in [7, 11) is -2.83. The van der Waals surface area contributed by atoms with Gasteiger partial charge >= 0.3 is 0 Å². The van der Waals surface area contributed by atoms with E-state index in [1.807, 2.05) is 18.2 Å². The Bertz CT molecular complexity index is 283. The third-order valence-electron chi connectivity index (χ3n) is 1.55. The Balaban J connectivity index is 2.63. The molecule has 0 heterocycles. The fraction of sp³-hybridized carbons (Fsp3) is 0.500. The summed E-state index contributed by atoms with van der Waals surface area (Å²) in [6, 6.07) is 0. The normalized spacial score (nSPS) is 18.1. The minimum atomic E-state index is -2.83. The average Bonchev–Trinajstić information content (AvgIpc) is 1.85. The van der Waals surface area contributed by atoms with Crippen molar-refractivity contribution in [3.63, 3.8) is 0 Å². The lowest BCUT2D eigenvalue weighted by Crippen LogP contribution is -2.06. The predicted molar refractivity (Wildman–Crippen MR) is 46.2 cm³/mol. The Morgan fingerprint density at radius 1 is 1.55 bits per heavy atom. The van der Waals surface area contributed by atoms with E-state index < -0.39 is 9.84 Å². The van der Waals surface area contributed by atoms with Gasteiger partial charge in [0.15, 0.2) is 9.84 Å². The highest BCUT2D eigenvalue weighted by Crippen LogP contribution is 2.12. The van der Waals surface area contributed by atoms with Crippen LogP contribution >= 0.6 is 0 Å². The molecule has 0 aromatic carbocycles. The van der Waals surface area contributed by atoms with Crippen molar-refractivity contribution in [1.82, 2.24) is 0 Å². The highest BCUT2D eigenvalue weighted by molar-refractivity contribution is 7.90. The van der Waals surface area contributed by atoms with Gasteiger partial charge in [0.2, 0.25) is 0 Å². The van der Waals surface area contributed by atoms with Crippen molar-refractivity contribution in [3.8, 4) is 0 Å². The summed E-state index contributed by atoms with van der Waals surface area (Å²) in [5.41, 5.74) is 1.02. The molecular formula is C8H12O2S. The molecule has 0 aliphatic heterocycles. The third kappa shape index (κ3) is 3.37. The maximum absolute atomic E-state index is 10.8. The van der Waals surface area contributed by atoms with Gasteiger partial charge in [-0.1, -0.05) is 23.8 Å². The Hall–Kier alpha value is -0.570. The zero-order chi connectivity index (χ0) is 8.32. The molecule has 3 heteroatoms. The lowest BCUT2D eigenvalue weighted by molar-refractivity contribution is 0.603. The quantitative estimate of drug-likeness (QED) is 0.629. The SMILES string of the molecule is CS(=O)(=O)CC1=CC=CCC1. The molecule has 0 amide bonds. The zero-order valence-corrected chi connectivity index (χ0v) is 7.39. The smallest absolute Gasteiger partial charge is 0.151 e. The molecule has 1 aliphatic carbocycles. The van der Waals surface area contributed by atoms with E-state index in [2.05, 4.69) is 0 Å². The molecule has 62 valence electrons. The number of sulfone groups is 1. The summed E-state index contributed by atoms with van der Waals surface area (Å²) in [6.07, 6.45) is 9.00. The van der Waals surface area contributed by atoms with Crippen molar-refractivity contribution in [1.29, 1.82) is 0 Å². The van der Waals surface area contributed by atoms with Crippen LogP contribution < -0.4 is 0 Å². The molecule has 0 aromatic rings. The molecule has 0 bridgehead atoms. The second-order valence-corrected chi connectivity index (χ2v) is 5.00. The summed E-state index contributed by atoms with van der Waals surface area (Å²) >= 11 is 0. The topological polar surface area (TPSA) is 34.1 Å². The Kier molecular flexibility index (Phi) is 2.49. The van der Waals surface area contributed by atoms with Gasteiger partial charge in [0.25, 0.3) is 0 Å². The van der Waals surface area contributed by atoms with Crippen LogP contribution in [0.25, 0.3) is 0 Å². The molecule has 0 aromatic heterocycles. The van der Waals surface area contributed by atoms with Crippen molar-refractivity contribution in [2.45, 2.75) is 12.8 Å². The maximum atomic E-state index is 10.8. The van der Waals surface area contributed by atoms with Crippen molar-refractivity contribution < 1.29 is 8.42 Å². The maximum Gasteiger partial charge on any atom is 0.151 e. The van der Waals surface area contributed by atoms with E-state index in [0.717, 1.165) is 18.4 Å². The summed E-state index contributed by atoms with van der Waals surface area (Å²) in [5, 5.41) is 0. The van der Waals surface area contributed by atoms with Crippen molar-refractivity contribution >= 4 is 9.84 Å².